The minimum absolute atomic E-state index is 0.0315. The van der Waals surface area contributed by atoms with Crippen LogP contribution in [0.4, 0.5) is 5.69 Å². The molecular weight excluding hydrogens is 376 g/mol. The van der Waals surface area contributed by atoms with Crippen LogP contribution in [0.2, 0.25) is 5.02 Å². The summed E-state index contributed by atoms with van der Waals surface area (Å²) in [5, 5.41) is 5.83. The van der Waals surface area contributed by atoms with Gasteiger partial charge in [0.25, 0.3) is 5.89 Å². The van der Waals surface area contributed by atoms with Crippen molar-refractivity contribution in [2.24, 2.45) is 0 Å². The van der Waals surface area contributed by atoms with Crippen LogP contribution in [0.15, 0.2) is 53.2 Å². The molecule has 1 atom stereocenters. The van der Waals surface area contributed by atoms with Crippen LogP contribution in [0.5, 0.6) is 0 Å². The number of carbonyl (C=O) groups is 1. The van der Waals surface area contributed by atoms with E-state index in [9.17, 15) is 4.79 Å². The van der Waals surface area contributed by atoms with Crippen molar-refractivity contribution in [1.29, 1.82) is 0 Å². The molecule has 0 radical (unpaired) electrons. The van der Waals surface area contributed by atoms with Crippen LogP contribution < -0.4 is 4.90 Å². The van der Waals surface area contributed by atoms with Gasteiger partial charge in [-0.3, -0.25) is 4.79 Å². The Hall–Kier alpha value is -3.12. The van der Waals surface area contributed by atoms with Crippen LogP contribution in [0, 0.1) is 6.92 Å². The molecule has 7 heteroatoms. The maximum absolute atomic E-state index is 12.6. The van der Waals surface area contributed by atoms with Gasteiger partial charge >= 0.3 is 0 Å². The van der Waals surface area contributed by atoms with Crippen LogP contribution in [0.25, 0.3) is 22.4 Å². The molecule has 1 fully saturated rings. The molecule has 5 rings (SSSR count). The molecule has 140 valence electrons. The number of aromatic nitrogens is 3. The second kappa shape index (κ2) is 6.49. The monoisotopic (exact) mass is 392 g/mol. The number of anilines is 1. The zero-order valence-corrected chi connectivity index (χ0v) is 15.9. The molecule has 1 N–H and O–H groups in total. The number of nitrogens with one attached hydrogen (secondary N) is 1. The van der Waals surface area contributed by atoms with Gasteiger partial charge in [-0.25, -0.2) is 0 Å². The molecule has 1 amide bonds. The molecule has 2 aromatic carbocycles. The highest BCUT2D eigenvalue weighted by molar-refractivity contribution is 6.31. The maximum atomic E-state index is 12.6. The number of nitrogens with zero attached hydrogens (tertiary/aromatic N) is 3. The molecule has 0 aliphatic carbocycles. The smallest absolute Gasteiger partial charge is 0.258 e. The summed E-state index contributed by atoms with van der Waals surface area (Å²) in [6, 6.07) is 13.5. The van der Waals surface area contributed by atoms with Crippen molar-refractivity contribution in [2.45, 2.75) is 19.3 Å². The summed E-state index contributed by atoms with van der Waals surface area (Å²) in [7, 11) is 0. The highest BCUT2D eigenvalue weighted by Crippen LogP contribution is 2.34. The number of halogens is 1. The fourth-order valence-electron chi connectivity index (χ4n) is 3.66. The average molecular weight is 393 g/mol. The number of aryl methyl sites for hydroxylation is 1. The van der Waals surface area contributed by atoms with E-state index < -0.39 is 0 Å². The number of H-pyrrole nitrogens is 1. The standard InChI is InChI=1S/C21H17ClN4O2/c1-12-5-6-14(10-17(12)22)26-11-13(9-19(26)27)20-24-21(28-25-20)16-3-2-4-18-15(16)7-8-23-18/h2-8,10,13,23H,9,11H2,1H3. The topological polar surface area (TPSA) is 75.0 Å². The molecule has 28 heavy (non-hydrogen) atoms. The minimum Gasteiger partial charge on any atom is -0.361 e. The molecule has 2 aromatic heterocycles. The lowest BCUT2D eigenvalue weighted by molar-refractivity contribution is -0.117. The van der Waals surface area contributed by atoms with E-state index in [1.807, 2.05) is 55.6 Å². The number of amides is 1. The van der Waals surface area contributed by atoms with Gasteiger partial charge in [0.15, 0.2) is 5.82 Å². The van der Waals surface area contributed by atoms with Crippen molar-refractivity contribution >= 4 is 34.1 Å². The lowest BCUT2D eigenvalue weighted by atomic mass is 10.1. The van der Waals surface area contributed by atoms with Gasteiger partial charge in [0.1, 0.15) is 0 Å². The van der Waals surface area contributed by atoms with Gasteiger partial charge in [-0.05, 0) is 42.8 Å². The van der Waals surface area contributed by atoms with Gasteiger partial charge in [-0.2, -0.15) is 4.98 Å². The van der Waals surface area contributed by atoms with Crippen molar-refractivity contribution in [3.63, 3.8) is 0 Å². The molecule has 1 unspecified atom stereocenters. The Labute approximate surface area is 166 Å². The Morgan fingerprint density at radius 1 is 1.25 bits per heavy atom. The Morgan fingerprint density at radius 3 is 3.00 bits per heavy atom. The minimum atomic E-state index is -0.115. The van der Waals surface area contributed by atoms with E-state index in [0.717, 1.165) is 27.7 Å². The zero-order chi connectivity index (χ0) is 19.3. The van der Waals surface area contributed by atoms with E-state index in [1.165, 1.54) is 0 Å². The summed E-state index contributed by atoms with van der Waals surface area (Å²) in [5.74, 6) is 0.931. The van der Waals surface area contributed by atoms with Crippen molar-refractivity contribution in [1.82, 2.24) is 15.1 Å². The highest BCUT2D eigenvalue weighted by atomic mass is 35.5. The lowest BCUT2D eigenvalue weighted by Gasteiger charge is -2.17. The number of benzene rings is 2. The van der Waals surface area contributed by atoms with Crippen LogP contribution >= 0.6 is 11.6 Å². The predicted octanol–water partition coefficient (Wildman–Crippen LogP) is 4.70. The third kappa shape index (κ3) is 2.77. The Kier molecular flexibility index (Phi) is 3.94. The Bertz CT molecular complexity index is 1200. The van der Waals surface area contributed by atoms with Crippen molar-refractivity contribution in [3.05, 3.63) is 65.1 Å². The summed E-state index contributed by atoms with van der Waals surface area (Å²) in [6.07, 6.45) is 2.23. The number of carbonyl (C=O) groups excluding carboxylic acids is 1. The summed E-state index contributed by atoms with van der Waals surface area (Å²) in [5.41, 5.74) is 3.67. The molecule has 1 aliphatic rings. The third-order valence-electron chi connectivity index (χ3n) is 5.22. The molecule has 0 bridgehead atoms. The van der Waals surface area contributed by atoms with Gasteiger partial charge in [0.2, 0.25) is 5.91 Å². The summed E-state index contributed by atoms with van der Waals surface area (Å²) >= 11 is 6.22. The lowest BCUT2D eigenvalue weighted by Crippen LogP contribution is -2.24. The zero-order valence-electron chi connectivity index (χ0n) is 15.1. The van der Waals surface area contributed by atoms with Crippen LogP contribution in [-0.2, 0) is 4.79 Å². The van der Waals surface area contributed by atoms with Crippen LogP contribution in [0.1, 0.15) is 23.7 Å². The van der Waals surface area contributed by atoms with Crippen LogP contribution in [0.3, 0.4) is 0 Å². The van der Waals surface area contributed by atoms with Gasteiger partial charge in [-0.15, -0.1) is 0 Å². The summed E-state index contributed by atoms with van der Waals surface area (Å²) in [4.78, 5) is 22.1. The van der Waals surface area contributed by atoms with E-state index in [-0.39, 0.29) is 11.8 Å². The second-order valence-corrected chi connectivity index (χ2v) is 7.45. The first-order valence-electron chi connectivity index (χ1n) is 9.07. The molecule has 3 heterocycles. The highest BCUT2D eigenvalue weighted by Gasteiger charge is 2.35. The fourth-order valence-corrected chi connectivity index (χ4v) is 3.84. The second-order valence-electron chi connectivity index (χ2n) is 7.04. The van der Waals surface area contributed by atoms with Gasteiger partial charge in [-0.1, -0.05) is 28.9 Å². The van der Waals surface area contributed by atoms with Crippen molar-refractivity contribution in [3.8, 4) is 11.5 Å². The Morgan fingerprint density at radius 2 is 2.14 bits per heavy atom. The molecule has 6 nitrogen and oxygen atoms in total. The van der Waals surface area contributed by atoms with E-state index in [2.05, 4.69) is 15.1 Å². The van der Waals surface area contributed by atoms with E-state index in [0.29, 0.717) is 29.7 Å². The number of rotatable bonds is 3. The molecule has 0 saturated carbocycles. The Balaban J connectivity index is 1.43. The SMILES string of the molecule is Cc1ccc(N2CC(c3noc(-c4cccc5[nH]ccc45)n3)CC2=O)cc1Cl. The first-order valence-corrected chi connectivity index (χ1v) is 9.44. The first-order chi connectivity index (χ1) is 13.6. The van der Waals surface area contributed by atoms with Gasteiger partial charge in [0, 0.05) is 52.3 Å². The van der Waals surface area contributed by atoms with Crippen LogP contribution in [-0.4, -0.2) is 27.6 Å². The molecular formula is C21H17ClN4O2. The molecule has 0 spiro atoms. The van der Waals surface area contributed by atoms with E-state index in [1.54, 1.807) is 4.90 Å². The quantitative estimate of drug-likeness (QED) is 0.548. The molecule has 1 saturated heterocycles. The number of fused-ring (bicyclic) bond motifs is 1. The number of hydrogen-bond acceptors (Lipinski definition) is 4. The first kappa shape index (κ1) is 17.0. The van der Waals surface area contributed by atoms with Crippen molar-refractivity contribution in [2.75, 3.05) is 11.4 Å². The average Bonchev–Trinajstić information content (AvgIpc) is 3.42. The fraction of sp³-hybridized carbons (Fsp3) is 0.190. The van der Waals surface area contributed by atoms with Gasteiger partial charge in [0.05, 0.1) is 0 Å². The molecule has 4 aromatic rings. The summed E-state index contributed by atoms with van der Waals surface area (Å²) < 4.78 is 5.53. The predicted molar refractivity (Wildman–Crippen MR) is 107 cm³/mol. The van der Waals surface area contributed by atoms with E-state index >= 15 is 0 Å². The third-order valence-corrected chi connectivity index (χ3v) is 5.63. The van der Waals surface area contributed by atoms with Gasteiger partial charge < -0.3 is 14.4 Å². The van der Waals surface area contributed by atoms with Crippen molar-refractivity contribution < 1.29 is 9.32 Å². The molecule has 1 aliphatic heterocycles. The normalized spacial score (nSPS) is 17.0. The van der Waals surface area contributed by atoms with E-state index in [4.69, 9.17) is 16.1 Å². The maximum Gasteiger partial charge on any atom is 0.258 e. The summed E-state index contributed by atoms with van der Waals surface area (Å²) in [6.45, 7) is 2.44. The number of hydrogen-bond donors (Lipinski definition) is 1. The number of aromatic amines is 1. The largest absolute Gasteiger partial charge is 0.361 e.